The number of methoxy groups -OCH3 is 1. The van der Waals surface area contributed by atoms with Crippen molar-refractivity contribution in [2.24, 2.45) is 0 Å². The van der Waals surface area contributed by atoms with Crippen LogP contribution < -0.4 is 10.5 Å². The van der Waals surface area contributed by atoms with Crippen molar-refractivity contribution in [2.45, 2.75) is 13.5 Å². The number of benzene rings is 4. The number of aromatic amines is 1. The maximum atomic E-state index is 14.5. The fourth-order valence-electron chi connectivity index (χ4n) is 5.69. The van der Waals surface area contributed by atoms with Gasteiger partial charge in [0, 0.05) is 12.1 Å². The van der Waals surface area contributed by atoms with Crippen molar-refractivity contribution in [1.29, 1.82) is 0 Å². The van der Waals surface area contributed by atoms with E-state index in [4.69, 9.17) is 10.5 Å². The molecule has 216 valence electrons. The molecule has 0 aliphatic carbocycles. The molecule has 0 atom stereocenters. The average molecular weight is 579 g/mol. The van der Waals surface area contributed by atoms with Gasteiger partial charge in [-0.05, 0) is 60.0 Å². The molecule has 44 heavy (non-hydrogen) atoms. The first-order valence-electron chi connectivity index (χ1n) is 14.3. The Balaban J connectivity index is 1.39. The van der Waals surface area contributed by atoms with Crippen molar-refractivity contribution in [3.8, 4) is 33.8 Å². The molecular weight excluding hydrogens is 548 g/mol. The molecule has 0 spiro atoms. The number of ether oxygens (including phenoxy) is 1. The van der Waals surface area contributed by atoms with Crippen LogP contribution in [0.3, 0.4) is 0 Å². The Labute approximate surface area is 254 Å². The van der Waals surface area contributed by atoms with Gasteiger partial charge in [-0.15, -0.1) is 0 Å². The first-order valence-corrected chi connectivity index (χ1v) is 14.3. The summed E-state index contributed by atoms with van der Waals surface area (Å²) in [5.41, 5.74) is 14.9. The Bertz CT molecular complexity index is 2110. The number of nitrogen functional groups attached to an aromatic ring is 1. The second kappa shape index (κ2) is 11.1. The molecule has 0 unspecified atom stereocenters. The Morgan fingerprint density at radius 1 is 0.886 bits per heavy atom. The summed E-state index contributed by atoms with van der Waals surface area (Å²) in [6, 6.07) is 35.9. The van der Waals surface area contributed by atoms with E-state index in [0.29, 0.717) is 17.8 Å². The largest absolute Gasteiger partial charge is 0.497 e. The summed E-state index contributed by atoms with van der Waals surface area (Å²) in [5, 5.41) is 4.54. The zero-order valence-corrected chi connectivity index (χ0v) is 24.4. The van der Waals surface area contributed by atoms with E-state index in [1.807, 2.05) is 91.9 Å². The monoisotopic (exact) mass is 578 g/mol. The second-order valence-corrected chi connectivity index (χ2v) is 10.7. The van der Waals surface area contributed by atoms with Crippen LogP contribution >= 0.6 is 0 Å². The van der Waals surface area contributed by atoms with Gasteiger partial charge in [-0.25, -0.2) is 9.67 Å². The Hall–Kier alpha value is -5.89. The Morgan fingerprint density at radius 3 is 2.30 bits per heavy atom. The minimum Gasteiger partial charge on any atom is -0.497 e. The fourth-order valence-corrected chi connectivity index (χ4v) is 5.69. The summed E-state index contributed by atoms with van der Waals surface area (Å²) in [6.07, 6.45) is 1.55. The lowest BCUT2D eigenvalue weighted by Crippen LogP contribution is -2.14. The molecule has 0 radical (unpaired) electrons. The molecule has 0 saturated carbocycles. The summed E-state index contributed by atoms with van der Waals surface area (Å²) in [6.45, 7) is 2.37. The van der Waals surface area contributed by atoms with Crippen molar-refractivity contribution in [3.63, 3.8) is 0 Å². The van der Waals surface area contributed by atoms with Gasteiger partial charge in [0.2, 0.25) is 5.78 Å². The van der Waals surface area contributed by atoms with Crippen LogP contribution in [0.1, 0.15) is 27.4 Å². The number of hydrogen-bond donors (Lipinski definition) is 2. The molecule has 3 heterocycles. The van der Waals surface area contributed by atoms with Crippen molar-refractivity contribution in [2.75, 3.05) is 12.8 Å². The van der Waals surface area contributed by atoms with Gasteiger partial charge in [0.25, 0.3) is 0 Å². The number of nitrogens with one attached hydrogen (secondary N) is 1. The van der Waals surface area contributed by atoms with E-state index in [1.54, 1.807) is 18.0 Å². The van der Waals surface area contributed by atoms with E-state index < -0.39 is 0 Å². The minimum absolute atomic E-state index is 0.208. The number of carbonyl (C=O) groups excluding carboxylic acids is 1. The van der Waals surface area contributed by atoms with Crippen molar-refractivity contribution in [3.05, 3.63) is 138 Å². The summed E-state index contributed by atoms with van der Waals surface area (Å²) >= 11 is 0. The number of rotatable bonds is 8. The molecular formula is C36H30N6O2. The molecule has 3 aromatic heterocycles. The normalized spacial score (nSPS) is 11.2. The molecule has 8 heteroatoms. The summed E-state index contributed by atoms with van der Waals surface area (Å²) in [5.74, 6) is 1.65. The van der Waals surface area contributed by atoms with Crippen LogP contribution in [0.5, 0.6) is 5.75 Å². The zero-order valence-electron chi connectivity index (χ0n) is 24.4. The molecule has 0 amide bonds. The number of aromatic nitrogens is 5. The third-order valence-corrected chi connectivity index (χ3v) is 7.84. The van der Waals surface area contributed by atoms with Gasteiger partial charge >= 0.3 is 0 Å². The van der Waals surface area contributed by atoms with Crippen LogP contribution in [-0.2, 0) is 6.54 Å². The standard InChI is InChI=1S/C36H30N6O2/c1-23-39-31-18-15-27(19-32(31)40-23)42-36(37)30(21-38-42)35(43)33-20-29(25-9-5-3-6-10-25)34(26-11-7-4-8-12-26)41(33)22-24-13-16-28(44-2)17-14-24/h3-21H,22,37H2,1-2H3,(H,39,40). The highest BCUT2D eigenvalue weighted by molar-refractivity contribution is 6.12. The van der Waals surface area contributed by atoms with Crippen LogP contribution in [-0.4, -0.2) is 37.2 Å². The van der Waals surface area contributed by atoms with Crippen molar-refractivity contribution < 1.29 is 9.53 Å². The molecule has 0 saturated heterocycles. The van der Waals surface area contributed by atoms with Gasteiger partial charge in [0.1, 0.15) is 17.4 Å². The number of nitrogens with zero attached hydrogens (tertiary/aromatic N) is 4. The predicted molar refractivity (Wildman–Crippen MR) is 173 cm³/mol. The molecule has 3 N–H and O–H groups in total. The van der Waals surface area contributed by atoms with Crippen LogP contribution in [0.4, 0.5) is 5.82 Å². The highest BCUT2D eigenvalue weighted by Gasteiger charge is 2.26. The predicted octanol–water partition coefficient (Wildman–Crippen LogP) is 7.06. The van der Waals surface area contributed by atoms with E-state index in [2.05, 4.69) is 43.9 Å². The number of anilines is 1. The van der Waals surface area contributed by atoms with Gasteiger partial charge in [-0.2, -0.15) is 5.10 Å². The maximum Gasteiger partial charge on any atom is 0.214 e. The Morgan fingerprint density at radius 2 is 1.59 bits per heavy atom. The number of carbonyl (C=O) groups is 1. The number of ketones is 1. The molecule has 7 aromatic rings. The number of nitrogens with two attached hydrogens (primary N) is 1. The zero-order chi connectivity index (χ0) is 30.2. The van der Waals surface area contributed by atoms with Crippen LogP contribution in [0, 0.1) is 6.92 Å². The lowest BCUT2D eigenvalue weighted by atomic mass is 10.0. The first kappa shape index (κ1) is 27.0. The molecule has 0 aliphatic heterocycles. The number of aryl methyl sites for hydroxylation is 1. The lowest BCUT2D eigenvalue weighted by molar-refractivity contribution is 0.103. The number of fused-ring (bicyclic) bond motifs is 1. The van der Waals surface area contributed by atoms with Crippen LogP contribution in [0.2, 0.25) is 0 Å². The fraction of sp³-hybridized carbons (Fsp3) is 0.0833. The van der Waals surface area contributed by atoms with Gasteiger partial charge in [0.05, 0.1) is 47.0 Å². The highest BCUT2D eigenvalue weighted by Crippen LogP contribution is 2.37. The first-order chi connectivity index (χ1) is 21.5. The summed E-state index contributed by atoms with van der Waals surface area (Å²) < 4.78 is 9.06. The molecule has 4 aromatic carbocycles. The maximum absolute atomic E-state index is 14.5. The highest BCUT2D eigenvalue weighted by atomic mass is 16.5. The van der Waals surface area contributed by atoms with Gasteiger partial charge < -0.3 is 20.0 Å². The number of imidazole rings is 1. The lowest BCUT2D eigenvalue weighted by Gasteiger charge is -2.15. The summed E-state index contributed by atoms with van der Waals surface area (Å²) in [7, 11) is 1.65. The SMILES string of the molecule is COc1ccc(Cn2c(C(=O)c3cnn(-c4ccc5nc(C)[nH]c5c4)c3N)cc(-c3ccccc3)c2-c2ccccc2)cc1. The van der Waals surface area contributed by atoms with Crippen LogP contribution in [0.15, 0.2) is 115 Å². The quantitative estimate of drug-likeness (QED) is 0.188. The molecule has 8 nitrogen and oxygen atoms in total. The van der Waals surface area contributed by atoms with Crippen LogP contribution in [0.25, 0.3) is 39.1 Å². The van der Waals surface area contributed by atoms with E-state index >= 15 is 0 Å². The van der Waals surface area contributed by atoms with Gasteiger partial charge in [-0.3, -0.25) is 4.79 Å². The smallest absolute Gasteiger partial charge is 0.214 e. The minimum atomic E-state index is -0.208. The van der Waals surface area contributed by atoms with E-state index in [1.165, 1.54) is 0 Å². The Kier molecular flexibility index (Phi) is 6.79. The van der Waals surface area contributed by atoms with Crippen molar-refractivity contribution in [1.82, 2.24) is 24.3 Å². The third kappa shape index (κ3) is 4.82. The van der Waals surface area contributed by atoms with Gasteiger partial charge in [0.15, 0.2) is 0 Å². The number of H-pyrrole nitrogens is 1. The van der Waals surface area contributed by atoms with E-state index in [9.17, 15) is 4.79 Å². The summed E-state index contributed by atoms with van der Waals surface area (Å²) in [4.78, 5) is 22.2. The average Bonchev–Trinajstić information content (AvgIpc) is 3.75. The van der Waals surface area contributed by atoms with Gasteiger partial charge in [-0.1, -0.05) is 72.8 Å². The second-order valence-electron chi connectivity index (χ2n) is 10.7. The molecule has 0 bridgehead atoms. The molecule has 0 fully saturated rings. The topological polar surface area (TPSA) is 104 Å². The number of hydrogen-bond acceptors (Lipinski definition) is 5. The van der Waals surface area contributed by atoms with E-state index in [0.717, 1.165) is 56.2 Å². The van der Waals surface area contributed by atoms with Crippen molar-refractivity contribution >= 4 is 22.6 Å². The van der Waals surface area contributed by atoms with E-state index in [-0.39, 0.29) is 11.6 Å². The third-order valence-electron chi connectivity index (χ3n) is 7.84. The molecule has 0 aliphatic rings. The molecule has 7 rings (SSSR count).